The van der Waals surface area contributed by atoms with Crippen LogP contribution in [0.25, 0.3) is 0 Å². The zero-order valence-electron chi connectivity index (χ0n) is 17.2. The quantitative estimate of drug-likeness (QED) is 0.857. The van der Waals surface area contributed by atoms with Crippen LogP contribution >= 0.6 is 0 Å². The van der Waals surface area contributed by atoms with E-state index in [0.29, 0.717) is 12.1 Å². The molecule has 1 fully saturated rings. The monoisotopic (exact) mass is 385 g/mol. The van der Waals surface area contributed by atoms with Gasteiger partial charge in [0.1, 0.15) is 11.6 Å². The third-order valence-corrected chi connectivity index (χ3v) is 5.24. The topological polar surface area (TPSA) is 61.4 Å². The summed E-state index contributed by atoms with van der Waals surface area (Å²) in [6.07, 6.45) is 0.937. The lowest BCUT2D eigenvalue weighted by molar-refractivity contribution is 0.0815. The standard InChI is InChI=1S/C21H28FN5O/c1-13-6-7-16(18(22)10-13)11-23-17-8-9-27(12-17)20-14(2)15(3)24-19(25-20)21(28)26(4)5/h6-7,10,17,23H,8-9,11-12H2,1-5H3/t17-/m1/s1. The van der Waals surface area contributed by atoms with Gasteiger partial charge in [-0.25, -0.2) is 14.4 Å². The number of halogens is 1. The number of carbonyl (C=O) groups excluding carboxylic acids is 1. The Bertz CT molecular complexity index is 883. The minimum Gasteiger partial charge on any atom is -0.355 e. The summed E-state index contributed by atoms with van der Waals surface area (Å²) in [5.41, 5.74) is 3.40. The van der Waals surface area contributed by atoms with Crippen LogP contribution < -0.4 is 10.2 Å². The molecular formula is C21H28FN5O. The molecule has 1 amide bonds. The van der Waals surface area contributed by atoms with E-state index >= 15 is 0 Å². The molecule has 1 aliphatic heterocycles. The Morgan fingerprint density at radius 1 is 1.29 bits per heavy atom. The van der Waals surface area contributed by atoms with Gasteiger partial charge in [0.25, 0.3) is 5.91 Å². The van der Waals surface area contributed by atoms with Gasteiger partial charge < -0.3 is 15.1 Å². The highest BCUT2D eigenvalue weighted by molar-refractivity contribution is 5.90. The van der Waals surface area contributed by atoms with E-state index in [0.717, 1.165) is 42.1 Å². The molecule has 2 heterocycles. The molecule has 1 atom stereocenters. The highest BCUT2D eigenvalue weighted by Gasteiger charge is 2.26. The number of nitrogens with zero attached hydrogens (tertiary/aromatic N) is 4. The number of nitrogens with one attached hydrogen (secondary N) is 1. The van der Waals surface area contributed by atoms with Gasteiger partial charge in [-0.1, -0.05) is 12.1 Å². The maximum absolute atomic E-state index is 14.0. The summed E-state index contributed by atoms with van der Waals surface area (Å²) in [6.45, 7) is 7.87. The van der Waals surface area contributed by atoms with Gasteiger partial charge in [0.2, 0.25) is 5.82 Å². The molecule has 1 aromatic heterocycles. The lowest BCUT2D eigenvalue weighted by Crippen LogP contribution is -2.33. The van der Waals surface area contributed by atoms with Crippen LogP contribution in [0, 0.1) is 26.6 Å². The average Bonchev–Trinajstić information content (AvgIpc) is 3.11. The van der Waals surface area contributed by atoms with Crippen molar-refractivity contribution in [3.05, 3.63) is 52.2 Å². The first-order valence-corrected chi connectivity index (χ1v) is 9.56. The molecule has 7 heteroatoms. The van der Waals surface area contributed by atoms with Crippen LogP contribution in [0.1, 0.15) is 39.4 Å². The Balaban J connectivity index is 1.70. The molecule has 3 rings (SSSR count). The van der Waals surface area contributed by atoms with Crippen LogP contribution in [0.2, 0.25) is 0 Å². The molecular weight excluding hydrogens is 357 g/mol. The number of hydrogen-bond donors (Lipinski definition) is 1. The van der Waals surface area contributed by atoms with Crippen molar-refractivity contribution in [3.63, 3.8) is 0 Å². The van der Waals surface area contributed by atoms with Crippen molar-refractivity contribution < 1.29 is 9.18 Å². The highest BCUT2D eigenvalue weighted by Crippen LogP contribution is 2.24. The van der Waals surface area contributed by atoms with Gasteiger partial charge in [-0.3, -0.25) is 4.79 Å². The first kappa shape index (κ1) is 20.2. The molecule has 0 saturated carbocycles. The van der Waals surface area contributed by atoms with Gasteiger partial charge >= 0.3 is 0 Å². The third-order valence-electron chi connectivity index (χ3n) is 5.24. The summed E-state index contributed by atoms with van der Waals surface area (Å²) in [6, 6.07) is 5.57. The largest absolute Gasteiger partial charge is 0.355 e. The fraction of sp³-hybridized carbons (Fsp3) is 0.476. The predicted octanol–water partition coefficient (Wildman–Crippen LogP) is 2.61. The number of anilines is 1. The first-order valence-electron chi connectivity index (χ1n) is 9.56. The number of benzene rings is 1. The number of rotatable bonds is 5. The Kier molecular flexibility index (Phi) is 5.93. The highest BCUT2D eigenvalue weighted by atomic mass is 19.1. The molecule has 0 bridgehead atoms. The number of carbonyl (C=O) groups is 1. The van der Waals surface area contributed by atoms with Gasteiger partial charge in [0.05, 0.1) is 0 Å². The summed E-state index contributed by atoms with van der Waals surface area (Å²) < 4.78 is 14.0. The summed E-state index contributed by atoms with van der Waals surface area (Å²) in [7, 11) is 3.39. The zero-order valence-corrected chi connectivity index (χ0v) is 17.2. The van der Waals surface area contributed by atoms with Crippen molar-refractivity contribution in [2.75, 3.05) is 32.1 Å². The van der Waals surface area contributed by atoms with Crippen molar-refractivity contribution in [2.24, 2.45) is 0 Å². The normalized spacial score (nSPS) is 16.5. The molecule has 0 unspecified atom stereocenters. The summed E-state index contributed by atoms with van der Waals surface area (Å²) in [4.78, 5) is 24.9. The van der Waals surface area contributed by atoms with Crippen LogP contribution in [0.4, 0.5) is 10.2 Å². The second-order valence-corrected chi connectivity index (χ2v) is 7.69. The second-order valence-electron chi connectivity index (χ2n) is 7.69. The Morgan fingerprint density at radius 2 is 2.04 bits per heavy atom. The van der Waals surface area contributed by atoms with Crippen LogP contribution in [-0.4, -0.2) is 54.0 Å². The minimum absolute atomic E-state index is 0.170. The molecule has 0 radical (unpaired) electrons. The van der Waals surface area contributed by atoms with Crippen LogP contribution in [0.3, 0.4) is 0 Å². The smallest absolute Gasteiger partial charge is 0.291 e. The molecule has 0 spiro atoms. The van der Waals surface area contributed by atoms with Crippen LogP contribution in [-0.2, 0) is 6.54 Å². The average molecular weight is 385 g/mol. The maximum Gasteiger partial charge on any atom is 0.291 e. The summed E-state index contributed by atoms with van der Waals surface area (Å²) >= 11 is 0. The molecule has 150 valence electrons. The molecule has 6 nitrogen and oxygen atoms in total. The van der Waals surface area contributed by atoms with Crippen molar-refractivity contribution in [1.29, 1.82) is 0 Å². The van der Waals surface area contributed by atoms with Crippen LogP contribution in [0.15, 0.2) is 18.2 Å². The van der Waals surface area contributed by atoms with Crippen molar-refractivity contribution in [3.8, 4) is 0 Å². The molecule has 1 aromatic carbocycles. The van der Waals surface area contributed by atoms with E-state index in [9.17, 15) is 9.18 Å². The van der Waals surface area contributed by atoms with E-state index in [2.05, 4.69) is 20.2 Å². The molecule has 28 heavy (non-hydrogen) atoms. The number of amides is 1. The Labute approximate surface area is 165 Å². The molecule has 2 aromatic rings. The number of aryl methyl sites for hydroxylation is 2. The van der Waals surface area contributed by atoms with Gasteiger partial charge in [-0.05, 0) is 38.8 Å². The summed E-state index contributed by atoms with van der Waals surface area (Å²) in [5.74, 6) is 0.661. The van der Waals surface area contributed by atoms with E-state index in [4.69, 9.17) is 0 Å². The predicted molar refractivity (Wildman–Crippen MR) is 108 cm³/mol. The van der Waals surface area contributed by atoms with E-state index in [1.54, 1.807) is 20.2 Å². The van der Waals surface area contributed by atoms with Crippen LogP contribution in [0.5, 0.6) is 0 Å². The lowest BCUT2D eigenvalue weighted by atomic mass is 10.1. The van der Waals surface area contributed by atoms with E-state index in [-0.39, 0.29) is 23.6 Å². The summed E-state index contributed by atoms with van der Waals surface area (Å²) in [5, 5.41) is 3.45. The zero-order chi connectivity index (χ0) is 20.4. The van der Waals surface area contributed by atoms with Crippen molar-refractivity contribution in [1.82, 2.24) is 20.2 Å². The van der Waals surface area contributed by atoms with E-state index in [1.165, 1.54) is 4.90 Å². The SMILES string of the molecule is Cc1ccc(CN[C@@H]2CCN(c3nc(C(=O)N(C)C)nc(C)c3C)C2)c(F)c1. The number of hydrogen-bond acceptors (Lipinski definition) is 5. The molecule has 1 saturated heterocycles. The fourth-order valence-corrected chi connectivity index (χ4v) is 3.39. The van der Waals surface area contributed by atoms with Crippen molar-refractivity contribution in [2.45, 2.75) is 39.8 Å². The minimum atomic E-state index is -0.201. The first-order chi connectivity index (χ1) is 13.3. The van der Waals surface area contributed by atoms with Gasteiger partial charge in [0.15, 0.2) is 0 Å². The maximum atomic E-state index is 14.0. The number of aromatic nitrogens is 2. The third kappa shape index (κ3) is 4.30. The Morgan fingerprint density at radius 3 is 2.71 bits per heavy atom. The van der Waals surface area contributed by atoms with Gasteiger partial charge in [0, 0.05) is 56.6 Å². The van der Waals surface area contributed by atoms with E-state index < -0.39 is 0 Å². The fourth-order valence-electron chi connectivity index (χ4n) is 3.39. The van der Waals surface area contributed by atoms with Gasteiger partial charge in [-0.2, -0.15) is 0 Å². The molecule has 0 aliphatic carbocycles. The Hall–Kier alpha value is -2.54. The molecule has 1 aliphatic rings. The van der Waals surface area contributed by atoms with Gasteiger partial charge in [-0.15, -0.1) is 0 Å². The lowest BCUT2D eigenvalue weighted by Gasteiger charge is -2.22. The van der Waals surface area contributed by atoms with E-state index in [1.807, 2.05) is 32.9 Å². The molecule has 1 N–H and O–H groups in total. The van der Waals surface area contributed by atoms with Crippen molar-refractivity contribution >= 4 is 11.7 Å². The second kappa shape index (κ2) is 8.22.